The van der Waals surface area contributed by atoms with Crippen molar-refractivity contribution in [3.63, 3.8) is 0 Å². The molecule has 0 aromatic carbocycles. The molecule has 6 heteroatoms. The Labute approximate surface area is 87.0 Å². The summed E-state index contributed by atoms with van der Waals surface area (Å²) in [6, 6.07) is -0.614. The van der Waals surface area contributed by atoms with E-state index in [0.29, 0.717) is 12.0 Å². The molecular formula is C9H13N3O3. The van der Waals surface area contributed by atoms with E-state index >= 15 is 0 Å². The van der Waals surface area contributed by atoms with Gasteiger partial charge in [0.15, 0.2) is 0 Å². The number of aromatic nitrogens is 2. The number of ether oxygens (including phenoxy) is 1. The molecule has 0 bridgehead atoms. The van der Waals surface area contributed by atoms with Gasteiger partial charge in [0.25, 0.3) is 5.91 Å². The quantitative estimate of drug-likeness (QED) is 0.691. The minimum atomic E-state index is -0.614. The molecule has 1 unspecified atom stereocenters. The molecule has 0 fully saturated rings. The second kappa shape index (κ2) is 5.14. The van der Waals surface area contributed by atoms with Crippen LogP contribution in [0.5, 0.6) is 0 Å². The van der Waals surface area contributed by atoms with Crippen molar-refractivity contribution in [2.75, 3.05) is 7.11 Å². The number of aromatic amines is 1. The van der Waals surface area contributed by atoms with Crippen LogP contribution in [0.25, 0.3) is 0 Å². The van der Waals surface area contributed by atoms with Gasteiger partial charge < -0.3 is 10.1 Å². The zero-order valence-electron chi connectivity index (χ0n) is 8.61. The highest BCUT2D eigenvalue weighted by atomic mass is 16.5. The molecule has 1 aromatic rings. The van der Waals surface area contributed by atoms with Gasteiger partial charge in [-0.15, -0.1) is 0 Å². The normalized spacial score (nSPS) is 11.9. The van der Waals surface area contributed by atoms with E-state index in [4.69, 9.17) is 0 Å². The van der Waals surface area contributed by atoms with E-state index in [0.717, 1.165) is 0 Å². The fourth-order valence-electron chi connectivity index (χ4n) is 1.09. The molecule has 82 valence electrons. The van der Waals surface area contributed by atoms with E-state index in [1.807, 2.05) is 0 Å². The van der Waals surface area contributed by atoms with Crippen LogP contribution in [0.4, 0.5) is 0 Å². The average molecular weight is 211 g/mol. The number of hydrogen-bond acceptors (Lipinski definition) is 4. The molecule has 0 aliphatic rings. The van der Waals surface area contributed by atoms with Crippen molar-refractivity contribution in [3.8, 4) is 0 Å². The monoisotopic (exact) mass is 211 g/mol. The van der Waals surface area contributed by atoms with Crippen LogP contribution >= 0.6 is 0 Å². The third kappa shape index (κ3) is 2.80. The molecule has 15 heavy (non-hydrogen) atoms. The summed E-state index contributed by atoms with van der Waals surface area (Å²) in [6.45, 7) is 1.79. The fourth-order valence-corrected chi connectivity index (χ4v) is 1.09. The number of rotatable bonds is 4. The highest BCUT2D eigenvalue weighted by Gasteiger charge is 2.20. The molecule has 1 rings (SSSR count). The summed E-state index contributed by atoms with van der Waals surface area (Å²) in [5.41, 5.74) is 0.386. The summed E-state index contributed by atoms with van der Waals surface area (Å²) >= 11 is 0. The number of nitrogens with zero attached hydrogens (tertiary/aromatic N) is 1. The maximum absolute atomic E-state index is 11.5. The Kier molecular flexibility index (Phi) is 3.84. The minimum absolute atomic E-state index is 0.346. The van der Waals surface area contributed by atoms with E-state index in [-0.39, 0.29) is 5.91 Å². The largest absolute Gasteiger partial charge is 0.467 e. The number of carbonyl (C=O) groups is 2. The first kappa shape index (κ1) is 11.2. The van der Waals surface area contributed by atoms with Crippen LogP contribution in [0.15, 0.2) is 12.4 Å². The molecule has 1 atom stereocenters. The van der Waals surface area contributed by atoms with E-state index in [2.05, 4.69) is 20.3 Å². The number of H-pyrrole nitrogens is 1. The summed E-state index contributed by atoms with van der Waals surface area (Å²) in [5.74, 6) is -0.796. The molecule has 0 saturated heterocycles. The highest BCUT2D eigenvalue weighted by molar-refractivity contribution is 5.96. The number of amides is 1. The lowest BCUT2D eigenvalue weighted by Gasteiger charge is -2.13. The van der Waals surface area contributed by atoms with Gasteiger partial charge in [-0.1, -0.05) is 6.92 Å². The van der Waals surface area contributed by atoms with E-state index < -0.39 is 12.0 Å². The summed E-state index contributed by atoms with van der Waals surface area (Å²) in [5, 5.41) is 8.70. The lowest BCUT2D eigenvalue weighted by molar-refractivity contribution is -0.142. The van der Waals surface area contributed by atoms with Gasteiger partial charge in [-0.2, -0.15) is 5.10 Å². The Bertz CT molecular complexity index is 334. The molecule has 0 radical (unpaired) electrons. The van der Waals surface area contributed by atoms with Crippen molar-refractivity contribution in [2.45, 2.75) is 19.4 Å². The molecular weight excluding hydrogens is 198 g/mol. The first-order chi connectivity index (χ1) is 7.19. The Morgan fingerprint density at radius 1 is 1.67 bits per heavy atom. The lowest BCUT2D eigenvalue weighted by atomic mass is 10.2. The maximum Gasteiger partial charge on any atom is 0.328 e. The SMILES string of the molecule is CCC(NC(=O)c1cn[nH]c1)C(=O)OC. The molecule has 1 aromatic heterocycles. The van der Waals surface area contributed by atoms with Gasteiger partial charge >= 0.3 is 5.97 Å². The van der Waals surface area contributed by atoms with Crippen LogP contribution in [0.3, 0.4) is 0 Å². The van der Waals surface area contributed by atoms with Gasteiger partial charge in [-0.25, -0.2) is 4.79 Å². The Hall–Kier alpha value is -1.85. The van der Waals surface area contributed by atoms with E-state index in [1.54, 1.807) is 6.92 Å². The fraction of sp³-hybridized carbons (Fsp3) is 0.444. The molecule has 2 N–H and O–H groups in total. The molecule has 1 amide bonds. The molecule has 0 aliphatic carbocycles. The summed E-state index contributed by atoms with van der Waals surface area (Å²) in [7, 11) is 1.29. The van der Waals surface area contributed by atoms with Crippen LogP contribution in [0, 0.1) is 0 Å². The van der Waals surface area contributed by atoms with Crippen molar-refractivity contribution in [2.24, 2.45) is 0 Å². The Morgan fingerprint density at radius 2 is 2.40 bits per heavy atom. The standard InChI is InChI=1S/C9H13N3O3/c1-3-7(9(14)15-2)12-8(13)6-4-10-11-5-6/h4-5,7H,3H2,1-2H3,(H,10,11)(H,12,13). The van der Waals surface area contributed by atoms with Gasteiger partial charge in [0.1, 0.15) is 6.04 Å². The van der Waals surface area contributed by atoms with Gasteiger partial charge in [-0.05, 0) is 6.42 Å². The summed E-state index contributed by atoms with van der Waals surface area (Å²) < 4.78 is 4.54. The highest BCUT2D eigenvalue weighted by Crippen LogP contribution is 1.98. The molecule has 6 nitrogen and oxygen atoms in total. The number of esters is 1. The first-order valence-corrected chi connectivity index (χ1v) is 4.56. The second-order valence-corrected chi connectivity index (χ2v) is 2.94. The zero-order chi connectivity index (χ0) is 11.3. The van der Waals surface area contributed by atoms with E-state index in [9.17, 15) is 9.59 Å². The third-order valence-electron chi connectivity index (χ3n) is 1.96. The summed E-state index contributed by atoms with van der Waals surface area (Å²) in [6.07, 6.45) is 3.33. The number of carbonyl (C=O) groups excluding carboxylic acids is 2. The average Bonchev–Trinajstić information content (AvgIpc) is 2.77. The Morgan fingerprint density at radius 3 is 2.87 bits per heavy atom. The number of hydrogen-bond donors (Lipinski definition) is 2. The molecule has 0 saturated carbocycles. The van der Waals surface area contributed by atoms with Crippen molar-refractivity contribution in [1.29, 1.82) is 0 Å². The van der Waals surface area contributed by atoms with E-state index in [1.165, 1.54) is 19.5 Å². The van der Waals surface area contributed by atoms with Crippen molar-refractivity contribution in [3.05, 3.63) is 18.0 Å². The Balaban J connectivity index is 2.60. The zero-order valence-corrected chi connectivity index (χ0v) is 8.61. The maximum atomic E-state index is 11.5. The predicted molar refractivity (Wildman–Crippen MR) is 52.1 cm³/mol. The van der Waals surface area contributed by atoms with Crippen LogP contribution in [-0.4, -0.2) is 35.2 Å². The predicted octanol–water partition coefficient (Wildman–Crippen LogP) is 0.0911. The van der Waals surface area contributed by atoms with Crippen LogP contribution in [0.2, 0.25) is 0 Å². The first-order valence-electron chi connectivity index (χ1n) is 4.56. The van der Waals surface area contributed by atoms with Crippen LogP contribution in [0.1, 0.15) is 23.7 Å². The van der Waals surface area contributed by atoms with Crippen LogP contribution < -0.4 is 5.32 Å². The smallest absolute Gasteiger partial charge is 0.328 e. The van der Waals surface area contributed by atoms with Gasteiger partial charge in [0.2, 0.25) is 0 Å². The minimum Gasteiger partial charge on any atom is -0.467 e. The lowest BCUT2D eigenvalue weighted by Crippen LogP contribution is -2.40. The van der Waals surface area contributed by atoms with Gasteiger partial charge in [0.05, 0.1) is 18.9 Å². The molecule has 1 heterocycles. The second-order valence-electron chi connectivity index (χ2n) is 2.94. The summed E-state index contributed by atoms with van der Waals surface area (Å²) in [4.78, 5) is 22.7. The number of nitrogens with one attached hydrogen (secondary N) is 2. The van der Waals surface area contributed by atoms with Crippen molar-refractivity contribution in [1.82, 2.24) is 15.5 Å². The van der Waals surface area contributed by atoms with Gasteiger partial charge in [-0.3, -0.25) is 9.89 Å². The topological polar surface area (TPSA) is 84.1 Å². The third-order valence-corrected chi connectivity index (χ3v) is 1.96. The number of methoxy groups -OCH3 is 1. The molecule has 0 aliphatic heterocycles. The molecule has 0 spiro atoms. The van der Waals surface area contributed by atoms with Crippen molar-refractivity contribution < 1.29 is 14.3 Å². The van der Waals surface area contributed by atoms with Crippen LogP contribution in [-0.2, 0) is 9.53 Å². The van der Waals surface area contributed by atoms with Gasteiger partial charge in [0, 0.05) is 6.20 Å². The van der Waals surface area contributed by atoms with Crippen molar-refractivity contribution >= 4 is 11.9 Å².